The number of H-pyrrole nitrogens is 1. The number of nitriles is 1. The first-order chi connectivity index (χ1) is 7.45. The Morgan fingerprint density at radius 2 is 2.00 bits per heavy atom. The van der Waals surface area contributed by atoms with Crippen LogP contribution in [0.2, 0.25) is 0 Å². The third-order valence-corrected chi connectivity index (χ3v) is 2.51. The lowest BCUT2D eigenvalue weighted by Crippen LogP contribution is -2.17. The Morgan fingerprint density at radius 1 is 1.38 bits per heavy atom. The molecule has 0 bridgehead atoms. The highest BCUT2D eigenvalue weighted by Crippen LogP contribution is 2.19. The summed E-state index contributed by atoms with van der Waals surface area (Å²) in [5, 5.41) is 8.83. The maximum absolute atomic E-state index is 11.5. The van der Waals surface area contributed by atoms with Gasteiger partial charge in [-0.05, 0) is 29.9 Å². The maximum atomic E-state index is 11.5. The topological polar surface area (TPSA) is 56.6 Å². The lowest BCUT2D eigenvalue weighted by molar-refractivity contribution is 0.623. The van der Waals surface area contributed by atoms with Crippen LogP contribution in [-0.4, -0.2) is 4.98 Å². The van der Waals surface area contributed by atoms with Crippen molar-refractivity contribution in [3.05, 3.63) is 33.2 Å². The van der Waals surface area contributed by atoms with Crippen molar-refractivity contribution in [2.75, 3.05) is 0 Å². The Balaban J connectivity index is 3.32. The predicted octanol–water partition coefficient (Wildman–Crippen LogP) is 2.57. The van der Waals surface area contributed by atoms with E-state index in [2.05, 4.69) is 32.7 Å². The number of nitrogens with one attached hydrogen (secondary N) is 1. The summed E-state index contributed by atoms with van der Waals surface area (Å²) in [5.41, 5.74) is 1.97. The number of aromatic amines is 1. The first-order valence-corrected chi connectivity index (χ1v) is 5.61. The van der Waals surface area contributed by atoms with Crippen LogP contribution in [0.25, 0.3) is 0 Å². The lowest BCUT2D eigenvalue weighted by Gasteiger charge is -2.14. The van der Waals surface area contributed by atoms with E-state index in [-0.39, 0.29) is 11.1 Å². The number of rotatable bonds is 3. The minimum atomic E-state index is -0.275. The zero-order valence-corrected chi connectivity index (χ0v) is 10.3. The summed E-state index contributed by atoms with van der Waals surface area (Å²) >= 11 is 0. The van der Waals surface area contributed by atoms with Gasteiger partial charge in [0.2, 0.25) is 0 Å². The van der Waals surface area contributed by atoms with Gasteiger partial charge in [0.15, 0.2) is 0 Å². The summed E-state index contributed by atoms with van der Waals surface area (Å²) in [7, 11) is 0. The van der Waals surface area contributed by atoms with Gasteiger partial charge in [0, 0.05) is 5.69 Å². The van der Waals surface area contributed by atoms with E-state index in [1.807, 2.05) is 6.07 Å². The smallest absolute Gasteiger partial charge is 0.266 e. The average Bonchev–Trinajstić information content (AvgIpc) is 2.16. The fraction of sp³-hybridized carbons (Fsp3) is 0.538. The fourth-order valence-electron chi connectivity index (χ4n) is 1.76. The van der Waals surface area contributed by atoms with Crippen molar-refractivity contribution in [3.8, 4) is 6.07 Å². The Kier molecular flexibility index (Phi) is 3.89. The van der Waals surface area contributed by atoms with Gasteiger partial charge in [-0.2, -0.15) is 5.26 Å². The van der Waals surface area contributed by atoms with Crippen molar-refractivity contribution in [3.63, 3.8) is 0 Å². The van der Waals surface area contributed by atoms with Gasteiger partial charge < -0.3 is 4.98 Å². The van der Waals surface area contributed by atoms with Crippen LogP contribution < -0.4 is 5.56 Å². The number of aromatic nitrogens is 1. The molecule has 3 heteroatoms. The molecule has 0 aromatic carbocycles. The molecule has 1 heterocycles. The van der Waals surface area contributed by atoms with Crippen molar-refractivity contribution >= 4 is 0 Å². The van der Waals surface area contributed by atoms with E-state index in [9.17, 15) is 4.79 Å². The van der Waals surface area contributed by atoms with Gasteiger partial charge in [-0.15, -0.1) is 0 Å². The third kappa shape index (κ3) is 2.73. The molecular weight excluding hydrogens is 200 g/mol. The molecule has 0 aliphatic heterocycles. The first kappa shape index (κ1) is 12.5. The van der Waals surface area contributed by atoms with Crippen LogP contribution in [0.3, 0.4) is 0 Å². The molecule has 0 atom stereocenters. The fourth-order valence-corrected chi connectivity index (χ4v) is 1.76. The van der Waals surface area contributed by atoms with Crippen LogP contribution in [0.4, 0.5) is 0 Å². The molecule has 1 N–H and O–H groups in total. The zero-order chi connectivity index (χ0) is 12.3. The van der Waals surface area contributed by atoms with Gasteiger partial charge in [0.25, 0.3) is 5.56 Å². The highest BCUT2D eigenvalue weighted by Gasteiger charge is 2.12. The summed E-state index contributed by atoms with van der Waals surface area (Å²) in [6.07, 6.45) is 0.842. The number of nitrogens with zero attached hydrogens (tertiary/aromatic N) is 1. The standard InChI is InChI=1S/C13H18N2O/c1-8(2)5-12-11(9(3)4)6-10(7-14)13(16)15-12/h6,8-9H,5H2,1-4H3,(H,15,16). The van der Waals surface area contributed by atoms with Crippen molar-refractivity contribution in [2.45, 2.75) is 40.0 Å². The molecule has 0 spiro atoms. The molecule has 0 aliphatic carbocycles. The summed E-state index contributed by atoms with van der Waals surface area (Å²) in [4.78, 5) is 14.4. The number of pyridine rings is 1. The van der Waals surface area contributed by atoms with Crippen LogP contribution in [0.5, 0.6) is 0 Å². The Morgan fingerprint density at radius 3 is 2.44 bits per heavy atom. The number of hydrogen-bond acceptors (Lipinski definition) is 2. The zero-order valence-electron chi connectivity index (χ0n) is 10.3. The van der Waals surface area contributed by atoms with E-state index in [1.165, 1.54) is 0 Å². The molecule has 0 unspecified atom stereocenters. The molecule has 1 aromatic rings. The molecule has 0 radical (unpaired) electrons. The van der Waals surface area contributed by atoms with Gasteiger partial charge in [0.1, 0.15) is 11.6 Å². The Labute approximate surface area is 96.1 Å². The summed E-state index contributed by atoms with van der Waals surface area (Å²) in [6.45, 7) is 8.36. The van der Waals surface area contributed by atoms with Crippen molar-refractivity contribution in [2.24, 2.45) is 5.92 Å². The van der Waals surface area contributed by atoms with Crippen LogP contribution in [0, 0.1) is 17.2 Å². The van der Waals surface area contributed by atoms with E-state index < -0.39 is 0 Å². The number of hydrogen-bond donors (Lipinski definition) is 1. The molecule has 16 heavy (non-hydrogen) atoms. The monoisotopic (exact) mass is 218 g/mol. The van der Waals surface area contributed by atoms with E-state index >= 15 is 0 Å². The Hall–Kier alpha value is -1.56. The largest absolute Gasteiger partial charge is 0.325 e. The molecule has 1 rings (SSSR count). The van der Waals surface area contributed by atoms with Gasteiger partial charge in [-0.1, -0.05) is 27.7 Å². The highest BCUT2D eigenvalue weighted by molar-refractivity contribution is 5.35. The summed E-state index contributed by atoms with van der Waals surface area (Å²) < 4.78 is 0. The second-order valence-corrected chi connectivity index (χ2v) is 4.81. The quantitative estimate of drug-likeness (QED) is 0.847. The van der Waals surface area contributed by atoms with Crippen LogP contribution >= 0.6 is 0 Å². The lowest BCUT2D eigenvalue weighted by atomic mass is 9.95. The normalized spacial score (nSPS) is 10.8. The van der Waals surface area contributed by atoms with Crippen LogP contribution in [0.1, 0.15) is 50.4 Å². The minimum absolute atomic E-state index is 0.205. The van der Waals surface area contributed by atoms with Crippen LogP contribution in [-0.2, 0) is 6.42 Å². The van der Waals surface area contributed by atoms with E-state index in [1.54, 1.807) is 6.07 Å². The highest BCUT2D eigenvalue weighted by atomic mass is 16.1. The molecule has 86 valence electrons. The van der Waals surface area contributed by atoms with Gasteiger partial charge in [-0.3, -0.25) is 4.79 Å². The second-order valence-electron chi connectivity index (χ2n) is 4.81. The van der Waals surface area contributed by atoms with Crippen molar-refractivity contribution in [1.82, 2.24) is 4.98 Å². The molecule has 0 saturated heterocycles. The third-order valence-electron chi connectivity index (χ3n) is 2.51. The first-order valence-electron chi connectivity index (χ1n) is 5.61. The molecule has 0 amide bonds. The maximum Gasteiger partial charge on any atom is 0.266 e. The van der Waals surface area contributed by atoms with Crippen LogP contribution in [0.15, 0.2) is 10.9 Å². The SMILES string of the molecule is CC(C)Cc1[nH]c(=O)c(C#N)cc1C(C)C. The molecule has 1 aromatic heterocycles. The minimum Gasteiger partial charge on any atom is -0.325 e. The van der Waals surface area contributed by atoms with Crippen molar-refractivity contribution in [1.29, 1.82) is 5.26 Å². The van der Waals surface area contributed by atoms with Crippen molar-refractivity contribution < 1.29 is 0 Å². The van der Waals surface area contributed by atoms with Gasteiger partial charge in [0.05, 0.1) is 0 Å². The van der Waals surface area contributed by atoms with E-state index in [0.717, 1.165) is 17.7 Å². The second kappa shape index (κ2) is 4.98. The van der Waals surface area contributed by atoms with E-state index in [0.29, 0.717) is 11.8 Å². The summed E-state index contributed by atoms with van der Waals surface area (Å²) in [6, 6.07) is 3.65. The van der Waals surface area contributed by atoms with E-state index in [4.69, 9.17) is 5.26 Å². The van der Waals surface area contributed by atoms with Gasteiger partial charge in [-0.25, -0.2) is 0 Å². The average molecular weight is 218 g/mol. The molecule has 0 aliphatic rings. The van der Waals surface area contributed by atoms with Gasteiger partial charge >= 0.3 is 0 Å². The Bertz CT molecular complexity index is 464. The summed E-state index contributed by atoms with van der Waals surface area (Å²) in [5.74, 6) is 0.804. The predicted molar refractivity (Wildman–Crippen MR) is 64.4 cm³/mol. The molecular formula is C13H18N2O. The molecule has 0 saturated carbocycles. The molecule has 0 fully saturated rings. The molecule has 3 nitrogen and oxygen atoms in total.